The summed E-state index contributed by atoms with van der Waals surface area (Å²) >= 11 is 0. The van der Waals surface area contributed by atoms with Crippen LogP contribution in [0.5, 0.6) is 5.75 Å². The molecule has 0 aromatic heterocycles. The molecule has 1 atom stereocenters. The number of anilines is 1. The van der Waals surface area contributed by atoms with Crippen LogP contribution in [0.15, 0.2) is 121 Å². The number of fused-ring (bicyclic) bond motifs is 11. The highest BCUT2D eigenvalue weighted by Crippen LogP contribution is 2.60. The van der Waals surface area contributed by atoms with Gasteiger partial charge in [0.1, 0.15) is 5.75 Å². The second-order valence-corrected chi connectivity index (χ2v) is 15.6. The highest BCUT2D eigenvalue weighted by atomic mass is 16.5. The fourth-order valence-corrected chi connectivity index (χ4v) is 10.3. The number of rotatable bonds is 5. The zero-order chi connectivity index (χ0) is 35.2. The number of ether oxygens (including phenoxy) is 2. The lowest BCUT2D eigenvalue weighted by molar-refractivity contribution is 0.122. The molecule has 0 radical (unpaired) electrons. The molecular weight excluding hydrogens is 635 g/mol. The van der Waals surface area contributed by atoms with Gasteiger partial charge < -0.3 is 14.4 Å². The molecule has 4 aliphatic rings. The van der Waals surface area contributed by atoms with Gasteiger partial charge in [-0.3, -0.25) is 0 Å². The highest BCUT2D eigenvalue weighted by molar-refractivity contribution is 6.08. The van der Waals surface area contributed by atoms with Crippen LogP contribution in [0.4, 0.5) is 5.69 Å². The Hall–Kier alpha value is -5.12. The average Bonchev–Trinajstić information content (AvgIpc) is 3.64. The van der Waals surface area contributed by atoms with Gasteiger partial charge in [-0.05, 0) is 87.0 Å². The lowest BCUT2D eigenvalue weighted by Gasteiger charge is -2.40. The van der Waals surface area contributed by atoms with Crippen LogP contribution in [0.3, 0.4) is 0 Å². The number of hydrogen-bond donors (Lipinski definition) is 0. The first-order valence-electron chi connectivity index (χ1n) is 19.2. The van der Waals surface area contributed by atoms with E-state index >= 15 is 0 Å². The molecule has 0 spiro atoms. The molecule has 10 rings (SSSR count). The van der Waals surface area contributed by atoms with Crippen molar-refractivity contribution < 1.29 is 9.47 Å². The molecule has 1 unspecified atom stereocenters. The highest BCUT2D eigenvalue weighted by Gasteiger charge is 2.47. The second-order valence-electron chi connectivity index (χ2n) is 15.6. The molecule has 6 aromatic rings. The first-order chi connectivity index (χ1) is 25.4. The Morgan fingerprint density at radius 2 is 1.27 bits per heavy atom. The van der Waals surface area contributed by atoms with Crippen molar-refractivity contribution in [2.45, 2.75) is 57.0 Å². The molecule has 2 aliphatic heterocycles. The van der Waals surface area contributed by atoms with Crippen molar-refractivity contribution in [3.05, 3.63) is 160 Å². The van der Waals surface area contributed by atoms with Crippen LogP contribution >= 0.6 is 0 Å². The maximum atomic E-state index is 7.78. The summed E-state index contributed by atoms with van der Waals surface area (Å²) in [6.07, 6.45) is 6.84. The third kappa shape index (κ3) is 4.17. The van der Waals surface area contributed by atoms with E-state index in [2.05, 4.69) is 160 Å². The summed E-state index contributed by atoms with van der Waals surface area (Å²) < 4.78 is 13.5. The molecule has 1 fully saturated rings. The normalized spacial score (nSPS) is 20.1. The maximum absolute atomic E-state index is 7.78. The largest absolute Gasteiger partial charge is 0.472 e. The minimum absolute atomic E-state index is 0.0864. The molecule has 258 valence electrons. The van der Waals surface area contributed by atoms with Gasteiger partial charge in [-0.1, -0.05) is 131 Å². The molecule has 0 saturated carbocycles. The van der Waals surface area contributed by atoms with Gasteiger partial charge in [-0.2, -0.15) is 0 Å². The van der Waals surface area contributed by atoms with E-state index in [1.54, 1.807) is 0 Å². The van der Waals surface area contributed by atoms with Gasteiger partial charge >= 0.3 is 0 Å². The van der Waals surface area contributed by atoms with Crippen molar-refractivity contribution in [1.29, 1.82) is 0 Å². The Morgan fingerprint density at radius 3 is 2.02 bits per heavy atom. The Bertz CT molecular complexity index is 2430. The van der Waals surface area contributed by atoms with Crippen molar-refractivity contribution >= 4 is 22.5 Å². The predicted molar refractivity (Wildman–Crippen MR) is 215 cm³/mol. The molecule has 2 heterocycles. The molecule has 2 aliphatic carbocycles. The first-order valence-corrected chi connectivity index (χ1v) is 19.2. The summed E-state index contributed by atoms with van der Waals surface area (Å²) in [7, 11) is 0. The first kappa shape index (κ1) is 31.6. The van der Waals surface area contributed by atoms with E-state index in [-0.39, 0.29) is 10.8 Å². The van der Waals surface area contributed by atoms with Crippen LogP contribution in [0, 0.1) is 0 Å². The van der Waals surface area contributed by atoms with E-state index in [1.807, 2.05) is 0 Å². The van der Waals surface area contributed by atoms with Gasteiger partial charge in [0.25, 0.3) is 0 Å². The summed E-state index contributed by atoms with van der Waals surface area (Å²) in [6.45, 7) is 12.8. The molecular formula is C49H45NO2. The predicted octanol–water partition coefficient (Wildman–Crippen LogP) is 11.4. The van der Waals surface area contributed by atoms with Crippen LogP contribution in [0.25, 0.3) is 39.1 Å². The van der Waals surface area contributed by atoms with E-state index in [0.717, 1.165) is 56.0 Å². The van der Waals surface area contributed by atoms with Crippen LogP contribution in [-0.2, 0) is 21.2 Å². The average molecular weight is 680 g/mol. The summed E-state index contributed by atoms with van der Waals surface area (Å²) in [5.74, 6) is 0.983. The quantitative estimate of drug-likeness (QED) is 0.181. The minimum atomic E-state index is -0.833. The lowest BCUT2D eigenvalue weighted by atomic mass is 9.71. The van der Waals surface area contributed by atoms with Crippen molar-refractivity contribution in [2.24, 2.45) is 0 Å². The van der Waals surface area contributed by atoms with Gasteiger partial charge in [-0.25, -0.2) is 0 Å². The molecule has 1 saturated heterocycles. The van der Waals surface area contributed by atoms with E-state index in [0.29, 0.717) is 0 Å². The Balaban J connectivity index is 1.22. The number of benzene rings is 6. The van der Waals surface area contributed by atoms with Gasteiger partial charge in [0.15, 0.2) is 5.60 Å². The topological polar surface area (TPSA) is 21.7 Å². The van der Waals surface area contributed by atoms with Crippen LogP contribution in [0.2, 0.25) is 0 Å². The summed E-state index contributed by atoms with van der Waals surface area (Å²) in [6, 6.07) is 43.2. The molecule has 6 aromatic carbocycles. The second kappa shape index (κ2) is 11.4. The lowest BCUT2D eigenvalue weighted by Crippen LogP contribution is -2.37. The third-order valence-corrected chi connectivity index (χ3v) is 13.0. The minimum Gasteiger partial charge on any atom is -0.472 e. The molecule has 3 heteroatoms. The van der Waals surface area contributed by atoms with Crippen molar-refractivity contribution in [2.75, 3.05) is 31.2 Å². The van der Waals surface area contributed by atoms with Gasteiger partial charge in [0.2, 0.25) is 0 Å². The van der Waals surface area contributed by atoms with Crippen molar-refractivity contribution in [3.8, 4) is 28.0 Å². The fourth-order valence-electron chi connectivity index (χ4n) is 10.3. The van der Waals surface area contributed by atoms with Gasteiger partial charge in [0.05, 0.1) is 13.2 Å². The van der Waals surface area contributed by atoms with Crippen LogP contribution < -0.4 is 9.64 Å². The van der Waals surface area contributed by atoms with Crippen LogP contribution in [0.1, 0.15) is 79.5 Å². The monoisotopic (exact) mass is 679 g/mol. The van der Waals surface area contributed by atoms with Crippen molar-refractivity contribution in [1.82, 2.24) is 0 Å². The van der Waals surface area contributed by atoms with E-state index in [9.17, 15) is 0 Å². The standard InChI is InChI=1S/C49H45NO2/c1-5-48(6-2)42-18-12-10-16-39(42)44-37-14-7-8-15-38(37)46-40(45(44)48)25-26-49(52-46,32-19-22-34(23-20-32)50-27-29-51-30-28-50)33-21-24-36-35-13-9-11-17-41(35)47(3,4)43(36)31-33/h7-26,31H,5-6,27-30H2,1-4H3. The van der Waals surface area contributed by atoms with Crippen molar-refractivity contribution in [3.63, 3.8) is 0 Å². The SMILES string of the molecule is CCC1(CC)c2ccccc2-c2c1c1c(c3ccccc23)OC(c2ccc(N3CCOCC3)cc2)(c2ccc3c(c2)C(C)(C)c2ccccc2-3)C=C1. The van der Waals surface area contributed by atoms with E-state index in [1.165, 1.54) is 66.5 Å². The van der Waals surface area contributed by atoms with Gasteiger partial charge in [0, 0.05) is 51.7 Å². The van der Waals surface area contributed by atoms with E-state index < -0.39 is 5.60 Å². The maximum Gasteiger partial charge on any atom is 0.178 e. The molecule has 0 N–H and O–H groups in total. The Morgan fingerprint density at radius 1 is 0.635 bits per heavy atom. The number of nitrogens with zero attached hydrogens (tertiary/aromatic N) is 1. The summed E-state index contributed by atoms with van der Waals surface area (Å²) in [4.78, 5) is 2.42. The summed E-state index contributed by atoms with van der Waals surface area (Å²) in [5, 5.41) is 2.44. The summed E-state index contributed by atoms with van der Waals surface area (Å²) in [5.41, 5.74) is 14.7. The Labute approximate surface area is 307 Å². The number of hydrogen-bond acceptors (Lipinski definition) is 3. The smallest absolute Gasteiger partial charge is 0.178 e. The van der Waals surface area contributed by atoms with Crippen LogP contribution in [-0.4, -0.2) is 26.3 Å². The molecule has 3 nitrogen and oxygen atoms in total. The molecule has 0 bridgehead atoms. The fraction of sp³-hybridized carbons (Fsp3) is 0.265. The molecule has 52 heavy (non-hydrogen) atoms. The number of morpholine rings is 1. The molecule has 0 amide bonds. The third-order valence-electron chi connectivity index (χ3n) is 13.0. The zero-order valence-electron chi connectivity index (χ0n) is 30.6. The zero-order valence-corrected chi connectivity index (χ0v) is 30.6. The van der Waals surface area contributed by atoms with Gasteiger partial charge in [-0.15, -0.1) is 0 Å². The Kier molecular flexibility index (Phi) is 6.95. The van der Waals surface area contributed by atoms with E-state index in [4.69, 9.17) is 9.47 Å².